The monoisotopic (exact) mass is 370 g/mol. The molecule has 0 saturated carbocycles. The number of likely N-dealkylation sites (tertiary alicyclic amines) is 1. The second kappa shape index (κ2) is 6.23. The molecule has 4 rings (SSSR count). The van der Waals surface area contributed by atoms with Crippen LogP contribution in [0.3, 0.4) is 0 Å². The van der Waals surface area contributed by atoms with Gasteiger partial charge in [0.2, 0.25) is 0 Å². The van der Waals surface area contributed by atoms with E-state index in [2.05, 4.69) is 62.3 Å². The van der Waals surface area contributed by atoms with Crippen molar-refractivity contribution in [2.75, 3.05) is 31.6 Å². The summed E-state index contributed by atoms with van der Waals surface area (Å²) in [7, 11) is 2.18. The minimum atomic E-state index is -0.293. The SMILES string of the molecule is CC(C)c1cc2c(cc1[C@@H](C)C1(C)CN(C)C1)N1C(=NNC(=O)[C@H]1C)CO2. The fourth-order valence-electron chi connectivity index (χ4n) is 4.81. The van der Waals surface area contributed by atoms with E-state index in [9.17, 15) is 4.79 Å². The van der Waals surface area contributed by atoms with Gasteiger partial charge in [0, 0.05) is 13.1 Å². The lowest BCUT2D eigenvalue weighted by atomic mass is 9.67. The summed E-state index contributed by atoms with van der Waals surface area (Å²) < 4.78 is 6.01. The summed E-state index contributed by atoms with van der Waals surface area (Å²) in [5, 5.41) is 4.21. The minimum Gasteiger partial charge on any atom is -0.483 e. The van der Waals surface area contributed by atoms with E-state index >= 15 is 0 Å². The Bertz CT molecular complexity index is 811. The first-order chi connectivity index (χ1) is 12.7. The van der Waals surface area contributed by atoms with Gasteiger partial charge in [-0.25, -0.2) is 5.43 Å². The minimum absolute atomic E-state index is 0.0817. The molecule has 3 heterocycles. The van der Waals surface area contributed by atoms with Crippen molar-refractivity contribution in [1.82, 2.24) is 10.3 Å². The number of anilines is 1. The molecule has 6 heteroatoms. The summed E-state index contributed by atoms with van der Waals surface area (Å²) in [5.41, 5.74) is 6.53. The van der Waals surface area contributed by atoms with Gasteiger partial charge < -0.3 is 14.5 Å². The summed E-state index contributed by atoms with van der Waals surface area (Å²) in [5.74, 6) is 2.37. The lowest BCUT2D eigenvalue weighted by molar-refractivity contribution is -0.122. The highest BCUT2D eigenvalue weighted by Crippen LogP contribution is 2.48. The van der Waals surface area contributed by atoms with Gasteiger partial charge in [-0.1, -0.05) is 27.7 Å². The molecule has 1 fully saturated rings. The van der Waals surface area contributed by atoms with Crippen molar-refractivity contribution in [2.24, 2.45) is 10.5 Å². The number of carbonyl (C=O) groups is 1. The number of amidine groups is 1. The molecule has 3 aliphatic rings. The molecule has 2 atom stereocenters. The molecule has 0 unspecified atom stereocenters. The zero-order chi connectivity index (χ0) is 19.5. The summed E-state index contributed by atoms with van der Waals surface area (Å²) in [6.07, 6.45) is 0. The number of nitrogens with zero attached hydrogens (tertiary/aromatic N) is 3. The van der Waals surface area contributed by atoms with Gasteiger partial charge in [-0.15, -0.1) is 0 Å². The summed E-state index contributed by atoms with van der Waals surface area (Å²) in [4.78, 5) is 16.6. The second-order valence-corrected chi connectivity index (χ2v) is 8.99. The zero-order valence-electron chi connectivity index (χ0n) is 17.2. The Morgan fingerprint density at radius 1 is 1.26 bits per heavy atom. The Labute approximate surface area is 161 Å². The first-order valence-corrected chi connectivity index (χ1v) is 9.86. The fraction of sp³-hybridized carbons (Fsp3) is 0.619. The highest BCUT2D eigenvalue weighted by Gasteiger charge is 2.43. The third kappa shape index (κ3) is 2.81. The van der Waals surface area contributed by atoms with Crippen molar-refractivity contribution in [3.05, 3.63) is 23.3 Å². The van der Waals surface area contributed by atoms with Crippen LogP contribution in [0.5, 0.6) is 5.75 Å². The van der Waals surface area contributed by atoms with E-state index in [4.69, 9.17) is 4.74 Å². The van der Waals surface area contributed by atoms with Crippen LogP contribution < -0.4 is 15.1 Å². The molecule has 1 amide bonds. The Balaban J connectivity index is 1.82. The van der Waals surface area contributed by atoms with Gasteiger partial charge in [0.1, 0.15) is 18.4 Å². The molecule has 0 radical (unpaired) electrons. The first-order valence-electron chi connectivity index (χ1n) is 9.86. The molecular weight excluding hydrogens is 340 g/mol. The Hall–Kier alpha value is -2.08. The van der Waals surface area contributed by atoms with Crippen LogP contribution in [0.1, 0.15) is 57.6 Å². The molecule has 1 N–H and O–H groups in total. The molecule has 0 bridgehead atoms. The number of carbonyl (C=O) groups excluding carboxylic acids is 1. The number of hydrogen-bond donors (Lipinski definition) is 1. The summed E-state index contributed by atoms with van der Waals surface area (Å²) >= 11 is 0. The zero-order valence-corrected chi connectivity index (χ0v) is 17.2. The Morgan fingerprint density at radius 3 is 2.59 bits per heavy atom. The van der Waals surface area contributed by atoms with Gasteiger partial charge in [0.25, 0.3) is 5.91 Å². The molecule has 1 aromatic carbocycles. The number of fused-ring (bicyclic) bond motifs is 3. The maximum atomic E-state index is 12.2. The van der Waals surface area contributed by atoms with Crippen LogP contribution in [0.2, 0.25) is 0 Å². The average molecular weight is 370 g/mol. The lowest BCUT2D eigenvalue weighted by Gasteiger charge is -2.51. The number of hydrogen-bond acceptors (Lipinski definition) is 5. The van der Waals surface area contributed by atoms with Crippen LogP contribution in [0.25, 0.3) is 0 Å². The molecular formula is C21H30N4O2. The quantitative estimate of drug-likeness (QED) is 0.889. The fourth-order valence-corrected chi connectivity index (χ4v) is 4.81. The van der Waals surface area contributed by atoms with Crippen molar-refractivity contribution in [1.29, 1.82) is 0 Å². The molecule has 6 nitrogen and oxygen atoms in total. The molecule has 146 valence electrons. The number of rotatable bonds is 3. The van der Waals surface area contributed by atoms with Crippen LogP contribution >= 0.6 is 0 Å². The standard InChI is InChI=1S/C21H30N4O2/c1-12(2)15-8-18-17(7-16(15)13(3)21(5)10-24(6)11-21)25-14(4)20(26)23-22-19(25)9-27-18/h7-8,12-14H,9-11H2,1-6H3,(H,23,26)/t13-,14-/m1/s1. The predicted molar refractivity (Wildman–Crippen MR) is 108 cm³/mol. The molecule has 1 aromatic rings. The predicted octanol–water partition coefficient (Wildman–Crippen LogP) is 2.90. The third-order valence-corrected chi connectivity index (χ3v) is 6.52. The van der Waals surface area contributed by atoms with Gasteiger partial charge in [-0.05, 0) is 54.5 Å². The van der Waals surface area contributed by atoms with E-state index in [-0.39, 0.29) is 17.4 Å². The van der Waals surface area contributed by atoms with Gasteiger partial charge >= 0.3 is 0 Å². The van der Waals surface area contributed by atoms with Crippen molar-refractivity contribution in [3.8, 4) is 5.75 Å². The largest absolute Gasteiger partial charge is 0.483 e. The molecule has 27 heavy (non-hydrogen) atoms. The van der Waals surface area contributed by atoms with Gasteiger partial charge in [0.05, 0.1) is 5.69 Å². The van der Waals surface area contributed by atoms with E-state index < -0.39 is 0 Å². The van der Waals surface area contributed by atoms with E-state index in [1.807, 2.05) is 11.8 Å². The Morgan fingerprint density at radius 2 is 1.96 bits per heavy atom. The summed E-state index contributed by atoms with van der Waals surface area (Å²) in [6.45, 7) is 13.7. The van der Waals surface area contributed by atoms with Crippen LogP contribution in [-0.2, 0) is 4.79 Å². The van der Waals surface area contributed by atoms with Crippen LogP contribution in [0.4, 0.5) is 5.69 Å². The average Bonchev–Trinajstić information content (AvgIpc) is 2.61. The van der Waals surface area contributed by atoms with Crippen LogP contribution in [-0.4, -0.2) is 49.4 Å². The Kier molecular flexibility index (Phi) is 4.22. The molecule has 3 aliphatic heterocycles. The highest BCUT2D eigenvalue weighted by molar-refractivity contribution is 6.09. The maximum absolute atomic E-state index is 12.2. The van der Waals surface area contributed by atoms with Gasteiger partial charge in [0.15, 0.2) is 5.84 Å². The van der Waals surface area contributed by atoms with Gasteiger partial charge in [-0.2, -0.15) is 5.10 Å². The van der Waals surface area contributed by atoms with E-state index in [0.717, 1.165) is 30.4 Å². The van der Waals surface area contributed by atoms with E-state index in [1.54, 1.807) is 0 Å². The van der Waals surface area contributed by atoms with Crippen molar-refractivity contribution in [3.63, 3.8) is 0 Å². The number of benzene rings is 1. The molecule has 0 aliphatic carbocycles. The molecule has 1 saturated heterocycles. The van der Waals surface area contributed by atoms with Crippen molar-refractivity contribution < 1.29 is 9.53 Å². The van der Waals surface area contributed by atoms with Crippen LogP contribution in [0, 0.1) is 5.41 Å². The molecule has 0 spiro atoms. The van der Waals surface area contributed by atoms with E-state index in [1.165, 1.54) is 11.1 Å². The number of ether oxygens (including phenoxy) is 1. The third-order valence-electron chi connectivity index (χ3n) is 6.52. The highest BCUT2D eigenvalue weighted by atomic mass is 16.5. The first kappa shape index (κ1) is 18.3. The van der Waals surface area contributed by atoms with Crippen LogP contribution in [0.15, 0.2) is 17.2 Å². The van der Waals surface area contributed by atoms with Crippen molar-refractivity contribution >= 4 is 17.4 Å². The van der Waals surface area contributed by atoms with Gasteiger partial charge in [-0.3, -0.25) is 4.79 Å². The number of hydrazone groups is 1. The normalized spacial score (nSPS) is 25.0. The van der Waals surface area contributed by atoms with Crippen molar-refractivity contribution in [2.45, 2.75) is 52.5 Å². The topological polar surface area (TPSA) is 57.2 Å². The number of amides is 1. The number of nitrogens with one attached hydrogen (secondary N) is 1. The van der Waals surface area contributed by atoms with E-state index in [0.29, 0.717) is 18.4 Å². The smallest absolute Gasteiger partial charge is 0.262 e. The molecule has 0 aromatic heterocycles. The summed E-state index contributed by atoms with van der Waals surface area (Å²) in [6, 6.07) is 4.15. The maximum Gasteiger partial charge on any atom is 0.262 e. The second-order valence-electron chi connectivity index (χ2n) is 8.99. The lowest BCUT2D eigenvalue weighted by Crippen LogP contribution is -2.56.